The minimum absolute atomic E-state index is 0.265. The van der Waals surface area contributed by atoms with Crippen molar-refractivity contribution in [1.82, 2.24) is 5.32 Å². The number of thioether (sulfide) groups is 1. The Morgan fingerprint density at radius 3 is 2.50 bits per heavy atom. The quantitative estimate of drug-likeness (QED) is 0.529. The van der Waals surface area contributed by atoms with Crippen LogP contribution < -0.4 is 11.1 Å². The average Bonchev–Trinajstić information content (AvgIpc) is 2.28. The number of aliphatic hydroxyl groups excluding tert-OH is 1. The van der Waals surface area contributed by atoms with Gasteiger partial charge in [-0.25, -0.2) is 0 Å². The number of amides is 1. The van der Waals surface area contributed by atoms with E-state index >= 15 is 0 Å². The van der Waals surface area contributed by atoms with Crippen LogP contribution in [0.15, 0.2) is 0 Å². The van der Waals surface area contributed by atoms with Gasteiger partial charge >= 0.3 is 0 Å². The lowest BCUT2D eigenvalue weighted by atomic mass is 9.94. The molecule has 0 saturated heterocycles. The first-order chi connectivity index (χ1) is 8.33. The van der Waals surface area contributed by atoms with Crippen LogP contribution in [0.25, 0.3) is 0 Å². The topological polar surface area (TPSA) is 75.3 Å². The van der Waals surface area contributed by atoms with Gasteiger partial charge in [0.2, 0.25) is 5.91 Å². The van der Waals surface area contributed by atoms with Crippen LogP contribution in [-0.4, -0.2) is 40.2 Å². The number of hydrogen-bond donors (Lipinski definition) is 3. The Balaban J connectivity index is 3.85. The number of nitrogens with one attached hydrogen (secondary N) is 1. The zero-order chi connectivity index (χ0) is 14.2. The van der Waals surface area contributed by atoms with Crippen LogP contribution in [0.2, 0.25) is 0 Å². The number of nitrogens with two attached hydrogens (primary N) is 1. The molecule has 18 heavy (non-hydrogen) atoms. The summed E-state index contributed by atoms with van der Waals surface area (Å²) < 4.78 is 0. The van der Waals surface area contributed by atoms with Crippen LogP contribution in [0.5, 0.6) is 0 Å². The molecule has 0 aliphatic rings. The van der Waals surface area contributed by atoms with Gasteiger partial charge < -0.3 is 16.2 Å². The van der Waals surface area contributed by atoms with E-state index in [1.54, 1.807) is 11.8 Å². The fourth-order valence-electron chi connectivity index (χ4n) is 1.68. The monoisotopic (exact) mass is 276 g/mol. The molecule has 5 heteroatoms. The summed E-state index contributed by atoms with van der Waals surface area (Å²) in [6.45, 7) is 8.42. The Labute approximate surface area is 115 Å². The number of carbonyl (C=O) groups excluding carboxylic acids is 1. The lowest BCUT2D eigenvalue weighted by Gasteiger charge is -2.27. The second-order valence-corrected chi connectivity index (χ2v) is 6.49. The molecular formula is C13H28N2O2S. The van der Waals surface area contributed by atoms with Crippen molar-refractivity contribution in [3.05, 3.63) is 0 Å². The Kier molecular flexibility index (Phi) is 8.65. The highest BCUT2D eigenvalue weighted by Crippen LogP contribution is 2.19. The van der Waals surface area contributed by atoms with Gasteiger partial charge in [-0.05, 0) is 39.0 Å². The molecule has 0 spiro atoms. The Bertz CT molecular complexity index is 249. The van der Waals surface area contributed by atoms with E-state index in [1.807, 2.05) is 27.7 Å². The maximum atomic E-state index is 11.4. The van der Waals surface area contributed by atoms with Gasteiger partial charge in [-0.1, -0.05) is 20.3 Å². The summed E-state index contributed by atoms with van der Waals surface area (Å²) >= 11 is 1.77. The van der Waals surface area contributed by atoms with Gasteiger partial charge in [-0.2, -0.15) is 11.8 Å². The first-order valence-electron chi connectivity index (χ1n) is 6.68. The fourth-order valence-corrected chi connectivity index (χ4v) is 2.70. The molecule has 0 heterocycles. The van der Waals surface area contributed by atoms with Gasteiger partial charge in [0, 0.05) is 5.25 Å². The Morgan fingerprint density at radius 1 is 1.44 bits per heavy atom. The first kappa shape index (κ1) is 17.7. The van der Waals surface area contributed by atoms with E-state index in [1.165, 1.54) is 0 Å². The fraction of sp³-hybridized carbons (Fsp3) is 0.923. The summed E-state index contributed by atoms with van der Waals surface area (Å²) in [6, 6.07) is 0. The number of carbonyl (C=O) groups is 1. The lowest BCUT2D eigenvalue weighted by Crippen LogP contribution is -2.52. The lowest BCUT2D eigenvalue weighted by molar-refractivity contribution is -0.124. The zero-order valence-corrected chi connectivity index (χ0v) is 12.8. The molecule has 0 aliphatic carbocycles. The zero-order valence-electron chi connectivity index (χ0n) is 12.0. The second kappa shape index (κ2) is 8.77. The van der Waals surface area contributed by atoms with Crippen LogP contribution in [0.4, 0.5) is 0 Å². The molecule has 108 valence electrons. The second-order valence-electron chi connectivity index (χ2n) is 5.00. The molecule has 0 saturated carbocycles. The van der Waals surface area contributed by atoms with E-state index in [2.05, 4.69) is 5.32 Å². The van der Waals surface area contributed by atoms with Crippen molar-refractivity contribution in [2.75, 3.05) is 12.3 Å². The predicted octanol–water partition coefficient (Wildman–Crippen LogP) is 1.51. The highest BCUT2D eigenvalue weighted by atomic mass is 32.2. The van der Waals surface area contributed by atoms with Crippen LogP contribution in [0.1, 0.15) is 47.0 Å². The summed E-state index contributed by atoms with van der Waals surface area (Å²) in [6.07, 6.45) is 2.49. The molecule has 0 radical (unpaired) electrons. The van der Waals surface area contributed by atoms with Crippen LogP contribution in [-0.2, 0) is 4.79 Å². The molecule has 4 nitrogen and oxygen atoms in total. The minimum Gasteiger partial charge on any atom is -0.392 e. The maximum absolute atomic E-state index is 11.4. The summed E-state index contributed by atoms with van der Waals surface area (Å²) in [5.74, 6) is 0.724. The molecule has 0 fully saturated rings. The van der Waals surface area contributed by atoms with E-state index in [9.17, 15) is 9.90 Å². The molecule has 0 bridgehead atoms. The SMILES string of the molecule is CCNC(C)(CCCCSC(C)C(C)O)C(N)=O. The van der Waals surface area contributed by atoms with Crippen molar-refractivity contribution in [1.29, 1.82) is 0 Å². The maximum Gasteiger partial charge on any atom is 0.237 e. The highest BCUT2D eigenvalue weighted by molar-refractivity contribution is 7.99. The van der Waals surface area contributed by atoms with Crippen molar-refractivity contribution < 1.29 is 9.90 Å². The number of primary amides is 1. The number of aliphatic hydroxyl groups is 1. The Hall–Kier alpha value is -0.260. The summed E-state index contributed by atoms with van der Waals surface area (Å²) in [5.41, 5.74) is 4.83. The normalized spacial score (nSPS) is 18.1. The standard InChI is InChI=1S/C13H28N2O2S/c1-5-15-13(4,12(14)17)8-6-7-9-18-11(3)10(2)16/h10-11,15-16H,5-9H2,1-4H3,(H2,14,17). The van der Waals surface area contributed by atoms with Crippen molar-refractivity contribution in [3.63, 3.8) is 0 Å². The third-order valence-corrected chi connectivity index (χ3v) is 4.69. The minimum atomic E-state index is -0.588. The van der Waals surface area contributed by atoms with Crippen LogP contribution in [0, 0.1) is 0 Å². The Morgan fingerprint density at radius 2 is 2.06 bits per heavy atom. The largest absolute Gasteiger partial charge is 0.392 e. The van der Waals surface area contributed by atoms with Gasteiger partial charge in [0.25, 0.3) is 0 Å². The molecule has 0 aromatic heterocycles. The smallest absolute Gasteiger partial charge is 0.237 e. The molecule has 3 atom stereocenters. The van der Waals surface area contributed by atoms with Gasteiger partial charge in [-0.15, -0.1) is 0 Å². The van der Waals surface area contributed by atoms with Gasteiger partial charge in [0.1, 0.15) is 0 Å². The van der Waals surface area contributed by atoms with E-state index < -0.39 is 5.54 Å². The summed E-state index contributed by atoms with van der Waals surface area (Å²) in [4.78, 5) is 11.4. The number of rotatable bonds is 10. The van der Waals surface area contributed by atoms with Gasteiger partial charge in [0.05, 0.1) is 11.6 Å². The molecule has 0 rings (SSSR count). The van der Waals surface area contributed by atoms with Crippen LogP contribution >= 0.6 is 11.8 Å². The molecule has 0 aromatic rings. The molecular weight excluding hydrogens is 248 g/mol. The summed E-state index contributed by atoms with van der Waals surface area (Å²) in [5, 5.41) is 12.8. The van der Waals surface area contributed by atoms with E-state index in [4.69, 9.17) is 5.73 Å². The molecule has 1 amide bonds. The van der Waals surface area contributed by atoms with E-state index in [-0.39, 0.29) is 17.3 Å². The number of likely N-dealkylation sites (N-methyl/N-ethyl adjacent to an activating group) is 1. The van der Waals surface area contributed by atoms with Gasteiger partial charge in [-0.3, -0.25) is 4.79 Å². The first-order valence-corrected chi connectivity index (χ1v) is 7.73. The van der Waals surface area contributed by atoms with Crippen LogP contribution in [0.3, 0.4) is 0 Å². The van der Waals surface area contributed by atoms with E-state index in [0.29, 0.717) is 0 Å². The molecule has 0 aliphatic heterocycles. The van der Waals surface area contributed by atoms with E-state index in [0.717, 1.165) is 31.6 Å². The summed E-state index contributed by atoms with van der Waals surface area (Å²) in [7, 11) is 0. The predicted molar refractivity (Wildman–Crippen MR) is 78.7 cm³/mol. The average molecular weight is 276 g/mol. The van der Waals surface area contributed by atoms with Crippen molar-refractivity contribution in [3.8, 4) is 0 Å². The number of unbranched alkanes of at least 4 members (excludes halogenated alkanes) is 1. The molecule has 0 aromatic carbocycles. The van der Waals surface area contributed by atoms with Crippen molar-refractivity contribution in [2.45, 2.75) is 63.9 Å². The molecule has 3 unspecified atom stereocenters. The van der Waals surface area contributed by atoms with Crippen molar-refractivity contribution >= 4 is 17.7 Å². The highest BCUT2D eigenvalue weighted by Gasteiger charge is 2.28. The number of hydrogen-bond acceptors (Lipinski definition) is 4. The molecule has 4 N–H and O–H groups in total. The third kappa shape index (κ3) is 6.61. The van der Waals surface area contributed by atoms with Crippen molar-refractivity contribution in [2.24, 2.45) is 5.73 Å². The van der Waals surface area contributed by atoms with Gasteiger partial charge in [0.15, 0.2) is 0 Å². The third-order valence-electron chi connectivity index (χ3n) is 3.24.